The van der Waals surface area contributed by atoms with Gasteiger partial charge in [-0.2, -0.15) is 0 Å². The molecule has 1 aliphatic carbocycles. The van der Waals surface area contributed by atoms with Crippen molar-refractivity contribution in [2.75, 3.05) is 6.61 Å². The van der Waals surface area contributed by atoms with Crippen LogP contribution in [0.1, 0.15) is 42.9 Å². The van der Waals surface area contributed by atoms with E-state index in [-0.39, 0.29) is 30.0 Å². The van der Waals surface area contributed by atoms with E-state index in [1.165, 1.54) is 6.07 Å². The summed E-state index contributed by atoms with van der Waals surface area (Å²) in [5, 5.41) is 29.9. The van der Waals surface area contributed by atoms with Gasteiger partial charge in [0.25, 0.3) is 0 Å². The standard InChI is InChI=1S/C23H24FNO4/c1-13-10-15(6-9-19(13)24)21-17-8-7-16(26)11-18(17)23(29-12-20(27)28)25-22(21)14-4-2-3-5-14/h6-11,14,20,26-28H,2-5,12H2,1H3. The number of fused-ring (bicyclic) bond motifs is 1. The summed E-state index contributed by atoms with van der Waals surface area (Å²) in [6, 6.07) is 9.99. The van der Waals surface area contributed by atoms with Crippen molar-refractivity contribution in [3.05, 3.63) is 53.5 Å². The van der Waals surface area contributed by atoms with E-state index in [4.69, 9.17) is 9.72 Å². The van der Waals surface area contributed by atoms with E-state index < -0.39 is 6.29 Å². The summed E-state index contributed by atoms with van der Waals surface area (Å²) in [6.45, 7) is 1.41. The molecule has 6 heteroatoms. The highest BCUT2D eigenvalue weighted by Gasteiger charge is 2.26. The first-order valence-electron chi connectivity index (χ1n) is 9.86. The van der Waals surface area contributed by atoms with Crippen LogP contribution in [0.15, 0.2) is 36.4 Å². The molecule has 0 saturated heterocycles. The number of hydrogen-bond acceptors (Lipinski definition) is 5. The lowest BCUT2D eigenvalue weighted by molar-refractivity contribution is -0.0685. The number of aromatic nitrogens is 1. The van der Waals surface area contributed by atoms with Crippen LogP contribution in [0.2, 0.25) is 0 Å². The summed E-state index contributed by atoms with van der Waals surface area (Å²) in [5.41, 5.74) is 3.19. The number of phenolic OH excluding ortho intramolecular Hbond substituents is 1. The maximum atomic E-state index is 13.9. The highest BCUT2D eigenvalue weighted by molar-refractivity contribution is 6.01. The maximum absolute atomic E-state index is 13.9. The molecule has 0 unspecified atom stereocenters. The van der Waals surface area contributed by atoms with Crippen LogP contribution in [-0.2, 0) is 0 Å². The van der Waals surface area contributed by atoms with Crippen LogP contribution in [0, 0.1) is 12.7 Å². The molecule has 152 valence electrons. The molecule has 3 aromatic rings. The van der Waals surface area contributed by atoms with Gasteiger partial charge in [-0.05, 0) is 66.6 Å². The van der Waals surface area contributed by atoms with Crippen LogP contribution in [0.4, 0.5) is 4.39 Å². The summed E-state index contributed by atoms with van der Waals surface area (Å²) < 4.78 is 19.5. The molecule has 0 aliphatic heterocycles. The molecule has 1 aromatic heterocycles. The van der Waals surface area contributed by atoms with E-state index in [9.17, 15) is 19.7 Å². The van der Waals surface area contributed by atoms with Gasteiger partial charge in [-0.25, -0.2) is 9.37 Å². The van der Waals surface area contributed by atoms with Gasteiger partial charge < -0.3 is 20.1 Å². The Hall–Kier alpha value is -2.70. The second-order valence-electron chi connectivity index (χ2n) is 7.64. The Morgan fingerprint density at radius 2 is 1.86 bits per heavy atom. The molecule has 0 radical (unpaired) electrons. The zero-order valence-corrected chi connectivity index (χ0v) is 16.2. The van der Waals surface area contributed by atoms with Crippen LogP contribution in [0.3, 0.4) is 0 Å². The van der Waals surface area contributed by atoms with Gasteiger partial charge in [-0.3, -0.25) is 0 Å². The van der Waals surface area contributed by atoms with Gasteiger partial charge >= 0.3 is 0 Å². The predicted molar refractivity (Wildman–Crippen MR) is 108 cm³/mol. The number of aliphatic hydroxyl groups is 2. The summed E-state index contributed by atoms with van der Waals surface area (Å²) in [4.78, 5) is 4.78. The Morgan fingerprint density at radius 1 is 1.10 bits per heavy atom. The number of hydrogen-bond donors (Lipinski definition) is 3. The molecule has 1 fully saturated rings. The molecule has 0 bridgehead atoms. The lowest BCUT2D eigenvalue weighted by Gasteiger charge is -2.20. The van der Waals surface area contributed by atoms with Crippen molar-refractivity contribution in [3.63, 3.8) is 0 Å². The van der Waals surface area contributed by atoms with Crippen molar-refractivity contribution in [3.8, 4) is 22.8 Å². The number of benzene rings is 2. The quantitative estimate of drug-likeness (QED) is 0.556. The van der Waals surface area contributed by atoms with Gasteiger partial charge in [0.05, 0.1) is 5.69 Å². The smallest absolute Gasteiger partial charge is 0.221 e. The van der Waals surface area contributed by atoms with E-state index in [0.717, 1.165) is 47.9 Å². The fourth-order valence-corrected chi connectivity index (χ4v) is 4.15. The molecule has 1 saturated carbocycles. The number of pyridine rings is 1. The van der Waals surface area contributed by atoms with Crippen LogP contribution < -0.4 is 4.74 Å². The SMILES string of the molecule is Cc1cc(-c2c(C3CCCC3)nc(OCC(O)O)c3cc(O)ccc23)ccc1F. The number of rotatable bonds is 5. The molecule has 5 nitrogen and oxygen atoms in total. The number of nitrogens with zero attached hydrogens (tertiary/aromatic N) is 1. The van der Waals surface area contributed by atoms with Gasteiger partial charge in [0, 0.05) is 16.9 Å². The zero-order valence-electron chi connectivity index (χ0n) is 16.2. The number of halogens is 1. The van der Waals surface area contributed by atoms with Crippen molar-refractivity contribution in [2.45, 2.75) is 44.8 Å². The minimum atomic E-state index is -1.63. The van der Waals surface area contributed by atoms with Crippen LogP contribution >= 0.6 is 0 Å². The number of phenols is 1. The van der Waals surface area contributed by atoms with Gasteiger partial charge in [-0.1, -0.05) is 18.9 Å². The third-order valence-corrected chi connectivity index (χ3v) is 5.54. The first kappa shape index (κ1) is 19.6. The van der Waals surface area contributed by atoms with E-state index >= 15 is 0 Å². The highest BCUT2D eigenvalue weighted by Crippen LogP contribution is 2.44. The predicted octanol–water partition coefficient (Wildman–Crippen LogP) is 4.40. The molecular formula is C23H24FNO4. The van der Waals surface area contributed by atoms with Crippen molar-refractivity contribution in [1.29, 1.82) is 0 Å². The largest absolute Gasteiger partial charge is 0.508 e. The monoisotopic (exact) mass is 397 g/mol. The summed E-state index contributed by atoms with van der Waals surface area (Å²) in [5.74, 6) is 0.301. The summed E-state index contributed by atoms with van der Waals surface area (Å²) >= 11 is 0. The van der Waals surface area contributed by atoms with E-state index in [0.29, 0.717) is 10.9 Å². The lowest BCUT2D eigenvalue weighted by atomic mass is 9.89. The number of ether oxygens (including phenoxy) is 1. The third-order valence-electron chi connectivity index (χ3n) is 5.54. The number of aromatic hydroxyl groups is 1. The average molecular weight is 397 g/mol. The highest BCUT2D eigenvalue weighted by atomic mass is 19.1. The Balaban J connectivity index is 1.99. The Kier molecular flexibility index (Phi) is 5.39. The van der Waals surface area contributed by atoms with Gasteiger partial charge in [0.15, 0.2) is 6.29 Å². The van der Waals surface area contributed by atoms with Crippen LogP contribution in [0.5, 0.6) is 11.6 Å². The molecule has 3 N–H and O–H groups in total. The Bertz CT molecular complexity index is 1040. The minimum absolute atomic E-state index is 0.0588. The number of aryl methyl sites for hydroxylation is 1. The molecule has 0 spiro atoms. The molecular weight excluding hydrogens is 373 g/mol. The van der Waals surface area contributed by atoms with E-state index in [1.807, 2.05) is 6.07 Å². The average Bonchev–Trinajstić information content (AvgIpc) is 3.22. The molecule has 29 heavy (non-hydrogen) atoms. The number of aliphatic hydroxyl groups excluding tert-OH is 1. The first-order valence-corrected chi connectivity index (χ1v) is 9.86. The fourth-order valence-electron chi connectivity index (χ4n) is 4.15. The maximum Gasteiger partial charge on any atom is 0.221 e. The summed E-state index contributed by atoms with van der Waals surface area (Å²) in [7, 11) is 0. The fraction of sp³-hybridized carbons (Fsp3) is 0.348. The van der Waals surface area contributed by atoms with E-state index in [1.54, 1.807) is 31.2 Å². The minimum Gasteiger partial charge on any atom is -0.508 e. The molecule has 4 rings (SSSR count). The van der Waals surface area contributed by atoms with Gasteiger partial charge in [-0.15, -0.1) is 0 Å². The van der Waals surface area contributed by atoms with Crippen molar-refractivity contribution < 1.29 is 24.4 Å². The Morgan fingerprint density at radius 3 is 2.55 bits per heavy atom. The van der Waals surface area contributed by atoms with Gasteiger partial charge in [0.1, 0.15) is 18.2 Å². The molecule has 0 atom stereocenters. The van der Waals surface area contributed by atoms with Crippen LogP contribution in [0.25, 0.3) is 21.9 Å². The third kappa shape index (κ3) is 3.91. The first-order chi connectivity index (χ1) is 13.9. The topological polar surface area (TPSA) is 82.8 Å². The molecule has 0 amide bonds. The lowest BCUT2D eigenvalue weighted by Crippen LogP contribution is -2.17. The van der Waals surface area contributed by atoms with Crippen LogP contribution in [-0.4, -0.2) is 33.2 Å². The van der Waals surface area contributed by atoms with Crippen molar-refractivity contribution in [2.24, 2.45) is 0 Å². The van der Waals surface area contributed by atoms with Gasteiger partial charge in [0.2, 0.25) is 5.88 Å². The second kappa shape index (κ2) is 7.97. The second-order valence-corrected chi connectivity index (χ2v) is 7.64. The van der Waals surface area contributed by atoms with E-state index in [2.05, 4.69) is 0 Å². The molecule has 1 heterocycles. The van der Waals surface area contributed by atoms with Crippen molar-refractivity contribution >= 4 is 10.8 Å². The molecule has 2 aromatic carbocycles. The Labute approximate surface area is 168 Å². The summed E-state index contributed by atoms with van der Waals surface area (Å²) in [6.07, 6.45) is 2.62. The zero-order chi connectivity index (χ0) is 20.5. The van der Waals surface area contributed by atoms with Crippen molar-refractivity contribution in [1.82, 2.24) is 4.98 Å². The molecule has 1 aliphatic rings. The normalized spacial score (nSPS) is 14.8.